The Hall–Kier alpha value is -1.84. The van der Waals surface area contributed by atoms with Crippen molar-refractivity contribution in [2.24, 2.45) is 5.41 Å². The molecule has 4 nitrogen and oxygen atoms in total. The van der Waals surface area contributed by atoms with Gasteiger partial charge in [0.1, 0.15) is 0 Å². The molecule has 0 saturated carbocycles. The number of carbonyl (C=O) groups is 2. The number of amides is 1. The Labute approximate surface area is 132 Å². The van der Waals surface area contributed by atoms with Crippen molar-refractivity contribution in [2.45, 2.75) is 52.9 Å². The second-order valence-electron chi connectivity index (χ2n) is 6.87. The van der Waals surface area contributed by atoms with Crippen LogP contribution in [0.25, 0.3) is 0 Å². The second kappa shape index (κ2) is 6.95. The van der Waals surface area contributed by atoms with Crippen molar-refractivity contribution in [1.82, 2.24) is 5.32 Å². The Bertz CT molecular complexity index is 530. The summed E-state index contributed by atoms with van der Waals surface area (Å²) < 4.78 is 0. The standard InChI is InChI=1S/C18H27NO3/c1-6-13-7-9-14(10-8-13)18(4,5)15(20)19-12-11-17(2,3)16(21)22/h7-10H,6,11-12H2,1-5H3,(H,19,20)(H,21,22). The summed E-state index contributed by atoms with van der Waals surface area (Å²) >= 11 is 0. The molecule has 0 spiro atoms. The average Bonchev–Trinajstić information content (AvgIpc) is 2.46. The minimum absolute atomic E-state index is 0.0852. The molecule has 0 fully saturated rings. The van der Waals surface area contributed by atoms with E-state index in [4.69, 9.17) is 5.11 Å². The number of nitrogens with one attached hydrogen (secondary N) is 1. The first-order valence-electron chi connectivity index (χ1n) is 7.72. The highest BCUT2D eigenvalue weighted by Gasteiger charge is 2.31. The van der Waals surface area contributed by atoms with Gasteiger partial charge in [0.15, 0.2) is 0 Å². The molecule has 0 bridgehead atoms. The maximum Gasteiger partial charge on any atom is 0.309 e. The van der Waals surface area contributed by atoms with E-state index in [2.05, 4.69) is 12.2 Å². The topological polar surface area (TPSA) is 66.4 Å². The molecule has 1 aromatic carbocycles. The van der Waals surface area contributed by atoms with Crippen molar-refractivity contribution in [2.75, 3.05) is 6.54 Å². The summed E-state index contributed by atoms with van der Waals surface area (Å²) in [4.78, 5) is 23.5. The molecule has 0 aliphatic heterocycles. The van der Waals surface area contributed by atoms with Crippen molar-refractivity contribution in [3.05, 3.63) is 35.4 Å². The third-order valence-electron chi connectivity index (χ3n) is 4.27. The molecule has 0 atom stereocenters. The lowest BCUT2D eigenvalue weighted by Gasteiger charge is -2.26. The van der Waals surface area contributed by atoms with Crippen molar-refractivity contribution in [1.29, 1.82) is 0 Å². The molecule has 22 heavy (non-hydrogen) atoms. The summed E-state index contributed by atoms with van der Waals surface area (Å²) in [5, 5.41) is 11.9. The summed E-state index contributed by atoms with van der Waals surface area (Å²) in [6.45, 7) is 9.54. The van der Waals surface area contributed by atoms with Crippen LogP contribution in [0.5, 0.6) is 0 Å². The summed E-state index contributed by atoms with van der Waals surface area (Å²) in [6.07, 6.45) is 1.37. The first-order chi connectivity index (χ1) is 10.1. The fraction of sp³-hybridized carbons (Fsp3) is 0.556. The maximum atomic E-state index is 12.4. The highest BCUT2D eigenvalue weighted by atomic mass is 16.4. The number of carbonyl (C=O) groups excluding carboxylic acids is 1. The van der Waals surface area contributed by atoms with Gasteiger partial charge in [0.2, 0.25) is 5.91 Å². The number of carboxylic acids is 1. The smallest absolute Gasteiger partial charge is 0.309 e. The van der Waals surface area contributed by atoms with Crippen LogP contribution in [0.4, 0.5) is 0 Å². The minimum Gasteiger partial charge on any atom is -0.481 e. The number of hydrogen-bond donors (Lipinski definition) is 2. The maximum absolute atomic E-state index is 12.4. The first kappa shape index (κ1) is 18.2. The van der Waals surface area contributed by atoms with E-state index in [-0.39, 0.29) is 5.91 Å². The van der Waals surface area contributed by atoms with Gasteiger partial charge in [-0.1, -0.05) is 31.2 Å². The van der Waals surface area contributed by atoms with E-state index in [0.717, 1.165) is 12.0 Å². The molecule has 0 saturated heterocycles. The highest BCUT2D eigenvalue weighted by molar-refractivity contribution is 5.87. The molecule has 0 unspecified atom stereocenters. The van der Waals surface area contributed by atoms with E-state index in [1.165, 1.54) is 5.56 Å². The van der Waals surface area contributed by atoms with E-state index in [1.54, 1.807) is 13.8 Å². The molecule has 1 rings (SSSR count). The SMILES string of the molecule is CCc1ccc(C(C)(C)C(=O)NCCC(C)(C)C(=O)O)cc1. The number of aryl methyl sites for hydroxylation is 1. The van der Waals surface area contributed by atoms with Crippen molar-refractivity contribution in [3.63, 3.8) is 0 Å². The number of hydrogen-bond acceptors (Lipinski definition) is 2. The zero-order valence-electron chi connectivity index (χ0n) is 14.2. The van der Waals surface area contributed by atoms with E-state index in [1.807, 2.05) is 38.1 Å². The van der Waals surface area contributed by atoms with Crippen LogP contribution in [-0.2, 0) is 21.4 Å². The third-order valence-corrected chi connectivity index (χ3v) is 4.27. The van der Waals surface area contributed by atoms with Crippen molar-refractivity contribution in [3.8, 4) is 0 Å². The molecule has 0 aliphatic carbocycles. The Morgan fingerprint density at radius 3 is 2.09 bits per heavy atom. The summed E-state index contributed by atoms with van der Waals surface area (Å²) in [7, 11) is 0. The molecule has 1 aromatic rings. The van der Waals surface area contributed by atoms with Crippen LogP contribution in [0.1, 0.15) is 52.2 Å². The Balaban J connectivity index is 2.68. The first-order valence-corrected chi connectivity index (χ1v) is 7.72. The van der Waals surface area contributed by atoms with Gasteiger partial charge in [0.25, 0.3) is 0 Å². The summed E-state index contributed by atoms with van der Waals surface area (Å²) in [5.41, 5.74) is 0.725. The molecule has 4 heteroatoms. The largest absolute Gasteiger partial charge is 0.481 e. The third kappa shape index (κ3) is 4.33. The zero-order valence-corrected chi connectivity index (χ0v) is 14.2. The Morgan fingerprint density at radius 1 is 1.09 bits per heavy atom. The van der Waals surface area contributed by atoms with Crippen LogP contribution < -0.4 is 5.32 Å². The molecular weight excluding hydrogens is 278 g/mol. The number of benzene rings is 1. The molecular formula is C18H27NO3. The molecule has 1 amide bonds. The average molecular weight is 305 g/mol. The quantitative estimate of drug-likeness (QED) is 0.813. The molecule has 0 aliphatic rings. The summed E-state index contributed by atoms with van der Waals surface area (Å²) in [6, 6.07) is 8.05. The summed E-state index contributed by atoms with van der Waals surface area (Å²) in [5.74, 6) is -0.936. The molecule has 0 aromatic heterocycles. The van der Waals surface area contributed by atoms with Crippen LogP contribution in [0, 0.1) is 5.41 Å². The van der Waals surface area contributed by atoms with E-state index in [9.17, 15) is 9.59 Å². The van der Waals surface area contributed by atoms with E-state index >= 15 is 0 Å². The van der Waals surface area contributed by atoms with Gasteiger partial charge >= 0.3 is 5.97 Å². The van der Waals surface area contributed by atoms with Crippen LogP contribution in [0.2, 0.25) is 0 Å². The lowest BCUT2D eigenvalue weighted by Crippen LogP contribution is -2.42. The Kier molecular flexibility index (Phi) is 5.75. The van der Waals surface area contributed by atoms with Gasteiger partial charge in [0, 0.05) is 6.54 Å². The number of rotatable bonds is 7. The fourth-order valence-electron chi connectivity index (χ4n) is 2.10. The minimum atomic E-state index is -0.851. The lowest BCUT2D eigenvalue weighted by atomic mass is 9.83. The lowest BCUT2D eigenvalue weighted by molar-refractivity contribution is -0.147. The Morgan fingerprint density at radius 2 is 1.64 bits per heavy atom. The van der Waals surface area contributed by atoms with Crippen molar-refractivity contribution < 1.29 is 14.7 Å². The predicted molar refractivity (Wildman–Crippen MR) is 87.9 cm³/mol. The highest BCUT2D eigenvalue weighted by Crippen LogP contribution is 2.24. The molecule has 2 N–H and O–H groups in total. The van der Waals surface area contributed by atoms with Crippen LogP contribution in [0.15, 0.2) is 24.3 Å². The van der Waals surface area contributed by atoms with Gasteiger partial charge in [-0.25, -0.2) is 0 Å². The van der Waals surface area contributed by atoms with Gasteiger partial charge < -0.3 is 10.4 Å². The van der Waals surface area contributed by atoms with E-state index < -0.39 is 16.8 Å². The fourth-order valence-corrected chi connectivity index (χ4v) is 2.10. The second-order valence-corrected chi connectivity index (χ2v) is 6.87. The van der Waals surface area contributed by atoms with Crippen LogP contribution >= 0.6 is 0 Å². The predicted octanol–water partition coefficient (Wildman–Crippen LogP) is 3.14. The van der Waals surface area contributed by atoms with Crippen LogP contribution in [0.3, 0.4) is 0 Å². The van der Waals surface area contributed by atoms with Gasteiger partial charge in [-0.3, -0.25) is 9.59 Å². The van der Waals surface area contributed by atoms with E-state index in [0.29, 0.717) is 13.0 Å². The normalized spacial score (nSPS) is 12.0. The molecule has 0 radical (unpaired) electrons. The molecule has 0 heterocycles. The van der Waals surface area contributed by atoms with Gasteiger partial charge in [0.05, 0.1) is 10.8 Å². The number of aliphatic carboxylic acids is 1. The number of carboxylic acid groups (broad SMARTS) is 1. The van der Waals surface area contributed by atoms with Gasteiger partial charge in [-0.05, 0) is 51.7 Å². The van der Waals surface area contributed by atoms with Gasteiger partial charge in [-0.2, -0.15) is 0 Å². The molecule has 122 valence electrons. The van der Waals surface area contributed by atoms with Crippen LogP contribution in [-0.4, -0.2) is 23.5 Å². The van der Waals surface area contributed by atoms with Gasteiger partial charge in [-0.15, -0.1) is 0 Å². The zero-order chi connectivity index (χ0) is 17.0. The van der Waals surface area contributed by atoms with Crippen molar-refractivity contribution >= 4 is 11.9 Å². The monoisotopic (exact) mass is 305 g/mol.